The second-order valence-corrected chi connectivity index (χ2v) is 5.52. The summed E-state index contributed by atoms with van der Waals surface area (Å²) in [5, 5.41) is 3.52. The predicted molar refractivity (Wildman–Crippen MR) is 101 cm³/mol. The van der Waals surface area contributed by atoms with Crippen molar-refractivity contribution in [3.05, 3.63) is 64.8 Å². The fourth-order valence-corrected chi connectivity index (χ4v) is 2.20. The van der Waals surface area contributed by atoms with E-state index in [0.717, 1.165) is 5.39 Å². The fraction of sp³-hybridized carbons (Fsp3) is 0.167. The van der Waals surface area contributed by atoms with Crippen LogP contribution >= 0.6 is 12.4 Å². The normalized spacial score (nSPS) is 11.5. The highest BCUT2D eigenvalue weighted by molar-refractivity contribution is 5.94. The van der Waals surface area contributed by atoms with Crippen molar-refractivity contribution in [2.24, 2.45) is 5.73 Å². The number of ether oxygens (including phenoxy) is 1. The van der Waals surface area contributed by atoms with Crippen LogP contribution in [0.5, 0.6) is 5.75 Å². The average Bonchev–Trinajstić information content (AvgIpc) is 2.60. The Hall–Kier alpha value is -2.90. The highest BCUT2D eigenvalue weighted by Gasteiger charge is 2.11. The average molecular weight is 376 g/mol. The number of rotatable bonds is 5. The first kappa shape index (κ1) is 19.4. The summed E-state index contributed by atoms with van der Waals surface area (Å²) in [6.45, 7) is 1.74. The van der Waals surface area contributed by atoms with Crippen LogP contribution in [0.4, 0.5) is 5.69 Å². The molecule has 1 atom stereocenters. The van der Waals surface area contributed by atoms with Gasteiger partial charge in [0.05, 0.1) is 11.7 Å². The fourth-order valence-electron chi connectivity index (χ4n) is 2.20. The molecule has 8 heteroatoms. The van der Waals surface area contributed by atoms with E-state index in [2.05, 4.69) is 10.3 Å². The molecule has 0 bridgehead atoms. The molecular formula is C18H18ClN3O4. The molecule has 0 saturated carbocycles. The lowest BCUT2D eigenvalue weighted by Crippen LogP contribution is -2.32. The van der Waals surface area contributed by atoms with Gasteiger partial charge in [0.25, 0.3) is 0 Å². The van der Waals surface area contributed by atoms with Gasteiger partial charge in [0.2, 0.25) is 5.91 Å². The number of amides is 1. The second kappa shape index (κ2) is 8.46. The highest BCUT2D eigenvalue weighted by atomic mass is 35.5. The zero-order valence-corrected chi connectivity index (χ0v) is 14.8. The SMILES string of the molecule is CC(N)C(=O)Nc1cccnc1COc1ccc2ccc(=O)oc2c1.Cl. The lowest BCUT2D eigenvalue weighted by molar-refractivity contribution is -0.117. The first-order chi connectivity index (χ1) is 12.0. The number of aromatic nitrogens is 1. The number of nitrogens with zero attached hydrogens (tertiary/aromatic N) is 1. The van der Waals surface area contributed by atoms with Crippen LogP contribution in [-0.2, 0) is 11.4 Å². The molecule has 0 aliphatic heterocycles. The van der Waals surface area contributed by atoms with Crippen molar-refractivity contribution < 1.29 is 13.9 Å². The highest BCUT2D eigenvalue weighted by Crippen LogP contribution is 2.21. The molecule has 0 fully saturated rings. The maximum atomic E-state index is 11.8. The smallest absolute Gasteiger partial charge is 0.336 e. The van der Waals surface area contributed by atoms with Gasteiger partial charge in [-0.25, -0.2) is 4.79 Å². The Morgan fingerprint density at radius 3 is 2.85 bits per heavy atom. The molecular weight excluding hydrogens is 358 g/mol. The molecule has 3 rings (SSSR count). The molecule has 1 amide bonds. The third-order valence-corrected chi connectivity index (χ3v) is 3.53. The molecule has 26 heavy (non-hydrogen) atoms. The summed E-state index contributed by atoms with van der Waals surface area (Å²) in [6.07, 6.45) is 1.61. The number of hydrogen-bond donors (Lipinski definition) is 2. The van der Waals surface area contributed by atoms with Crippen molar-refractivity contribution in [3.8, 4) is 5.75 Å². The van der Waals surface area contributed by atoms with Crippen LogP contribution in [0.1, 0.15) is 12.6 Å². The Balaban J connectivity index is 0.00000243. The second-order valence-electron chi connectivity index (χ2n) is 5.52. The molecule has 2 aromatic heterocycles. The molecule has 0 aliphatic rings. The van der Waals surface area contributed by atoms with E-state index in [1.165, 1.54) is 6.07 Å². The molecule has 1 unspecified atom stereocenters. The molecule has 0 radical (unpaired) electrons. The summed E-state index contributed by atoms with van der Waals surface area (Å²) in [6, 6.07) is 11.1. The minimum Gasteiger partial charge on any atom is -0.487 e. The van der Waals surface area contributed by atoms with Crippen LogP contribution in [0.15, 0.2) is 57.9 Å². The maximum Gasteiger partial charge on any atom is 0.336 e. The summed E-state index contributed by atoms with van der Waals surface area (Å²) >= 11 is 0. The number of nitrogens with one attached hydrogen (secondary N) is 1. The van der Waals surface area contributed by atoms with E-state index in [0.29, 0.717) is 22.7 Å². The van der Waals surface area contributed by atoms with E-state index in [4.69, 9.17) is 14.9 Å². The number of carbonyl (C=O) groups is 1. The van der Waals surface area contributed by atoms with Gasteiger partial charge in [-0.3, -0.25) is 9.78 Å². The van der Waals surface area contributed by atoms with Gasteiger partial charge in [0.15, 0.2) is 0 Å². The number of pyridine rings is 1. The Labute approximate surface area is 155 Å². The summed E-state index contributed by atoms with van der Waals surface area (Å²) in [4.78, 5) is 27.3. The first-order valence-electron chi connectivity index (χ1n) is 7.70. The van der Waals surface area contributed by atoms with E-state index in [1.807, 2.05) is 0 Å². The number of carbonyl (C=O) groups excluding carboxylic acids is 1. The number of halogens is 1. The number of anilines is 1. The van der Waals surface area contributed by atoms with Crippen molar-refractivity contribution in [1.82, 2.24) is 4.98 Å². The molecule has 7 nitrogen and oxygen atoms in total. The number of nitrogens with two attached hydrogens (primary N) is 1. The lowest BCUT2D eigenvalue weighted by atomic mass is 10.2. The summed E-state index contributed by atoms with van der Waals surface area (Å²) in [5.41, 5.74) is 6.68. The molecule has 2 heterocycles. The summed E-state index contributed by atoms with van der Waals surface area (Å²) in [7, 11) is 0. The van der Waals surface area contributed by atoms with Crippen LogP contribution in [0.2, 0.25) is 0 Å². The van der Waals surface area contributed by atoms with Gasteiger partial charge < -0.3 is 20.2 Å². The van der Waals surface area contributed by atoms with Crippen molar-refractivity contribution in [1.29, 1.82) is 0 Å². The molecule has 136 valence electrons. The van der Waals surface area contributed by atoms with Crippen molar-refractivity contribution >= 4 is 35.0 Å². The molecule has 3 aromatic rings. The van der Waals surface area contributed by atoms with Gasteiger partial charge in [-0.15, -0.1) is 12.4 Å². The van der Waals surface area contributed by atoms with Gasteiger partial charge >= 0.3 is 5.63 Å². The van der Waals surface area contributed by atoms with Crippen LogP contribution < -0.4 is 21.4 Å². The van der Waals surface area contributed by atoms with Gasteiger partial charge in [0.1, 0.15) is 23.6 Å². The third-order valence-electron chi connectivity index (χ3n) is 3.53. The largest absolute Gasteiger partial charge is 0.487 e. The van der Waals surface area contributed by atoms with E-state index >= 15 is 0 Å². The zero-order chi connectivity index (χ0) is 17.8. The summed E-state index contributed by atoms with van der Waals surface area (Å²) < 4.78 is 10.9. The number of fused-ring (bicyclic) bond motifs is 1. The molecule has 3 N–H and O–H groups in total. The standard InChI is InChI=1S/C18H17N3O4.ClH/c1-11(19)18(23)21-14-3-2-8-20-15(14)10-24-13-6-4-12-5-7-17(22)25-16(12)9-13;/h2-9,11H,10,19H2,1H3,(H,21,23);1H. The van der Waals surface area contributed by atoms with E-state index < -0.39 is 11.7 Å². The van der Waals surface area contributed by atoms with Crippen LogP contribution in [0.25, 0.3) is 11.0 Å². The first-order valence-corrected chi connectivity index (χ1v) is 7.70. The monoisotopic (exact) mass is 375 g/mol. The lowest BCUT2D eigenvalue weighted by Gasteiger charge is -2.12. The van der Waals surface area contributed by atoms with Gasteiger partial charge in [-0.05, 0) is 37.3 Å². The van der Waals surface area contributed by atoms with Crippen LogP contribution in [-0.4, -0.2) is 16.9 Å². The number of benzene rings is 1. The quantitative estimate of drug-likeness (QED) is 0.663. The number of hydrogen-bond acceptors (Lipinski definition) is 6. The van der Waals surface area contributed by atoms with Crippen LogP contribution in [0.3, 0.4) is 0 Å². The third kappa shape index (κ3) is 4.59. The van der Waals surface area contributed by atoms with Crippen LogP contribution in [0, 0.1) is 0 Å². The minimum absolute atomic E-state index is 0. The summed E-state index contributed by atoms with van der Waals surface area (Å²) in [5.74, 6) is 0.221. The van der Waals surface area contributed by atoms with Crippen molar-refractivity contribution in [2.45, 2.75) is 19.6 Å². The topological polar surface area (TPSA) is 107 Å². The predicted octanol–water partition coefficient (Wildman–Crippen LogP) is 2.47. The van der Waals surface area contributed by atoms with Crippen molar-refractivity contribution in [2.75, 3.05) is 5.32 Å². The Morgan fingerprint density at radius 1 is 1.31 bits per heavy atom. The zero-order valence-electron chi connectivity index (χ0n) is 14.0. The van der Waals surface area contributed by atoms with E-state index in [1.54, 1.807) is 49.5 Å². The minimum atomic E-state index is -0.627. The molecule has 1 aromatic carbocycles. The Morgan fingerprint density at radius 2 is 2.08 bits per heavy atom. The van der Waals surface area contributed by atoms with Crippen molar-refractivity contribution in [3.63, 3.8) is 0 Å². The Bertz CT molecular complexity index is 972. The van der Waals surface area contributed by atoms with Gasteiger partial charge in [-0.2, -0.15) is 0 Å². The Kier molecular flexibility index (Phi) is 6.32. The molecule has 0 saturated heterocycles. The maximum absolute atomic E-state index is 11.8. The van der Waals surface area contributed by atoms with Gasteiger partial charge in [-0.1, -0.05) is 0 Å². The van der Waals surface area contributed by atoms with E-state index in [-0.39, 0.29) is 24.9 Å². The van der Waals surface area contributed by atoms with Gasteiger partial charge in [0, 0.05) is 23.7 Å². The molecule has 0 spiro atoms. The van der Waals surface area contributed by atoms with E-state index in [9.17, 15) is 9.59 Å². The molecule has 0 aliphatic carbocycles.